The van der Waals surface area contributed by atoms with Gasteiger partial charge in [0.1, 0.15) is 0 Å². The Morgan fingerprint density at radius 2 is 2.06 bits per heavy atom. The number of thioether (sulfide) groups is 1. The zero-order valence-corrected chi connectivity index (χ0v) is 12.0. The van der Waals surface area contributed by atoms with Crippen molar-refractivity contribution in [3.05, 3.63) is 0 Å². The first-order chi connectivity index (χ1) is 8.36. The quantitative estimate of drug-likeness (QED) is 0.802. The fourth-order valence-electron chi connectivity index (χ4n) is 4.50. The highest BCUT2D eigenvalue weighted by molar-refractivity contribution is 7.99. The van der Waals surface area contributed by atoms with E-state index in [-0.39, 0.29) is 0 Å². The smallest absolute Gasteiger partial charge is 0.0201 e. The third kappa shape index (κ3) is 2.68. The fourth-order valence-corrected chi connectivity index (χ4v) is 5.73. The number of hydrogen-bond donors (Lipinski definition) is 1. The van der Waals surface area contributed by atoms with Gasteiger partial charge >= 0.3 is 0 Å². The SMILES string of the molecule is CCSC1CCCC1NCC1CC2CCC1C2. The molecule has 1 N–H and O–H groups in total. The third-order valence-corrected chi connectivity index (χ3v) is 6.69. The molecule has 0 aromatic carbocycles. The second-order valence-corrected chi connectivity index (χ2v) is 7.89. The van der Waals surface area contributed by atoms with E-state index in [4.69, 9.17) is 0 Å². The van der Waals surface area contributed by atoms with E-state index in [1.54, 1.807) is 12.8 Å². The molecule has 5 unspecified atom stereocenters. The van der Waals surface area contributed by atoms with Gasteiger partial charge in [-0.2, -0.15) is 11.8 Å². The van der Waals surface area contributed by atoms with Crippen molar-refractivity contribution in [2.45, 2.75) is 63.2 Å². The van der Waals surface area contributed by atoms with Crippen LogP contribution in [0.15, 0.2) is 0 Å². The third-order valence-electron chi connectivity index (χ3n) is 5.36. The van der Waals surface area contributed by atoms with Crippen LogP contribution in [-0.2, 0) is 0 Å². The van der Waals surface area contributed by atoms with Crippen LogP contribution in [0.25, 0.3) is 0 Å². The maximum Gasteiger partial charge on any atom is 0.0201 e. The van der Waals surface area contributed by atoms with Crippen molar-refractivity contribution in [1.82, 2.24) is 5.32 Å². The summed E-state index contributed by atoms with van der Waals surface area (Å²) in [5.41, 5.74) is 0. The predicted molar refractivity (Wildman–Crippen MR) is 76.5 cm³/mol. The highest BCUT2D eigenvalue weighted by Gasteiger charge is 2.39. The molecule has 3 aliphatic carbocycles. The van der Waals surface area contributed by atoms with E-state index in [1.807, 2.05) is 0 Å². The van der Waals surface area contributed by atoms with Gasteiger partial charge in [-0.3, -0.25) is 0 Å². The van der Waals surface area contributed by atoms with Crippen LogP contribution in [0.4, 0.5) is 0 Å². The van der Waals surface area contributed by atoms with Crippen molar-refractivity contribution >= 4 is 11.8 Å². The van der Waals surface area contributed by atoms with Crippen molar-refractivity contribution in [1.29, 1.82) is 0 Å². The molecule has 3 saturated carbocycles. The predicted octanol–water partition coefficient (Wildman–Crippen LogP) is 3.69. The number of rotatable bonds is 5. The number of hydrogen-bond acceptors (Lipinski definition) is 2. The molecule has 0 amide bonds. The van der Waals surface area contributed by atoms with E-state index in [0.717, 1.165) is 29.0 Å². The molecule has 98 valence electrons. The van der Waals surface area contributed by atoms with Crippen LogP contribution in [0.2, 0.25) is 0 Å². The molecule has 2 bridgehead atoms. The molecule has 3 rings (SSSR count). The minimum Gasteiger partial charge on any atom is -0.313 e. The lowest BCUT2D eigenvalue weighted by atomic mass is 9.88. The highest BCUT2D eigenvalue weighted by atomic mass is 32.2. The Morgan fingerprint density at radius 1 is 1.12 bits per heavy atom. The first kappa shape index (κ1) is 12.3. The summed E-state index contributed by atoms with van der Waals surface area (Å²) in [5, 5.41) is 4.84. The molecule has 1 nitrogen and oxygen atoms in total. The Kier molecular flexibility index (Phi) is 4.01. The van der Waals surface area contributed by atoms with Gasteiger partial charge in [-0.1, -0.05) is 19.8 Å². The molecule has 3 fully saturated rings. The van der Waals surface area contributed by atoms with E-state index >= 15 is 0 Å². The minimum atomic E-state index is 0.832. The van der Waals surface area contributed by atoms with Crippen molar-refractivity contribution < 1.29 is 0 Å². The molecule has 0 spiro atoms. The standard InChI is InChI=1S/C15H27NS/c1-2-17-15-5-3-4-14(15)16-10-13-9-11-6-7-12(13)8-11/h11-16H,2-10H2,1H3. The molecule has 0 aromatic rings. The molecular weight excluding hydrogens is 226 g/mol. The van der Waals surface area contributed by atoms with Crippen molar-refractivity contribution in [2.24, 2.45) is 17.8 Å². The average Bonchev–Trinajstić information content (AvgIpc) is 3.02. The summed E-state index contributed by atoms with van der Waals surface area (Å²) in [6.45, 7) is 3.63. The van der Waals surface area contributed by atoms with Crippen LogP contribution < -0.4 is 5.32 Å². The second-order valence-electron chi connectivity index (χ2n) is 6.37. The van der Waals surface area contributed by atoms with Crippen molar-refractivity contribution in [2.75, 3.05) is 12.3 Å². The van der Waals surface area contributed by atoms with E-state index in [9.17, 15) is 0 Å². The van der Waals surface area contributed by atoms with Gasteiger partial charge in [-0.05, 0) is 62.2 Å². The zero-order valence-electron chi connectivity index (χ0n) is 11.2. The monoisotopic (exact) mass is 253 g/mol. The number of fused-ring (bicyclic) bond motifs is 2. The first-order valence-electron chi connectivity index (χ1n) is 7.71. The molecule has 5 atom stereocenters. The van der Waals surface area contributed by atoms with Gasteiger partial charge < -0.3 is 5.32 Å². The van der Waals surface area contributed by atoms with Crippen LogP contribution in [0.3, 0.4) is 0 Å². The summed E-state index contributed by atoms with van der Waals surface area (Å²) < 4.78 is 0. The Bertz CT molecular complexity index is 255. The van der Waals surface area contributed by atoms with Crippen molar-refractivity contribution in [3.8, 4) is 0 Å². The molecule has 17 heavy (non-hydrogen) atoms. The minimum absolute atomic E-state index is 0.832. The Labute approximate surface area is 111 Å². The van der Waals surface area contributed by atoms with E-state index in [2.05, 4.69) is 24.0 Å². The molecule has 0 radical (unpaired) electrons. The Morgan fingerprint density at radius 3 is 2.76 bits per heavy atom. The topological polar surface area (TPSA) is 12.0 Å². The van der Waals surface area contributed by atoms with Crippen LogP contribution in [0.5, 0.6) is 0 Å². The van der Waals surface area contributed by atoms with E-state index in [1.165, 1.54) is 44.4 Å². The second kappa shape index (κ2) is 5.52. The number of nitrogens with one attached hydrogen (secondary N) is 1. The molecule has 0 saturated heterocycles. The largest absolute Gasteiger partial charge is 0.313 e. The summed E-state index contributed by atoms with van der Waals surface area (Å²) >= 11 is 2.18. The van der Waals surface area contributed by atoms with Crippen LogP contribution in [0.1, 0.15) is 51.9 Å². The van der Waals surface area contributed by atoms with Crippen LogP contribution in [-0.4, -0.2) is 23.6 Å². The van der Waals surface area contributed by atoms with E-state index in [0.29, 0.717) is 0 Å². The van der Waals surface area contributed by atoms with Crippen LogP contribution >= 0.6 is 11.8 Å². The lowest BCUT2D eigenvalue weighted by molar-refractivity contribution is 0.307. The summed E-state index contributed by atoms with van der Waals surface area (Å²) in [4.78, 5) is 0. The highest BCUT2D eigenvalue weighted by Crippen LogP contribution is 2.48. The lowest BCUT2D eigenvalue weighted by Crippen LogP contribution is -2.38. The summed E-state index contributed by atoms with van der Waals surface area (Å²) in [6.07, 6.45) is 10.5. The summed E-state index contributed by atoms with van der Waals surface area (Å²) in [7, 11) is 0. The van der Waals surface area contributed by atoms with Gasteiger partial charge in [0.25, 0.3) is 0 Å². The lowest BCUT2D eigenvalue weighted by Gasteiger charge is -2.26. The molecule has 3 aliphatic rings. The zero-order chi connectivity index (χ0) is 11.7. The van der Waals surface area contributed by atoms with Gasteiger partial charge in [-0.25, -0.2) is 0 Å². The molecule has 0 aliphatic heterocycles. The molecular formula is C15H27NS. The van der Waals surface area contributed by atoms with Gasteiger partial charge in [0.2, 0.25) is 0 Å². The average molecular weight is 253 g/mol. The Hall–Kier alpha value is 0.310. The maximum absolute atomic E-state index is 3.92. The molecule has 0 heterocycles. The maximum atomic E-state index is 3.92. The normalized spacial score (nSPS) is 44.6. The van der Waals surface area contributed by atoms with E-state index < -0.39 is 0 Å². The molecule has 2 heteroatoms. The first-order valence-corrected chi connectivity index (χ1v) is 8.76. The fraction of sp³-hybridized carbons (Fsp3) is 1.00. The summed E-state index contributed by atoms with van der Waals surface area (Å²) in [5.74, 6) is 4.51. The summed E-state index contributed by atoms with van der Waals surface area (Å²) in [6, 6.07) is 0.832. The van der Waals surface area contributed by atoms with Crippen molar-refractivity contribution in [3.63, 3.8) is 0 Å². The van der Waals surface area contributed by atoms with Crippen LogP contribution in [0, 0.1) is 17.8 Å². The molecule has 0 aromatic heterocycles. The van der Waals surface area contributed by atoms with Gasteiger partial charge in [0.05, 0.1) is 0 Å². The van der Waals surface area contributed by atoms with Gasteiger partial charge in [-0.15, -0.1) is 0 Å². The Balaban J connectivity index is 1.44. The van der Waals surface area contributed by atoms with Gasteiger partial charge in [0.15, 0.2) is 0 Å². The van der Waals surface area contributed by atoms with Gasteiger partial charge in [0, 0.05) is 11.3 Å².